The van der Waals surface area contributed by atoms with Crippen LogP contribution < -0.4 is 10.1 Å². The standard InChI is InChI=1S/C26H31NO4/c1-4-31-25(28)27-24(21-10-12-23(30-3)13-11-21)22-9-6-15-26(29,18-22)16-14-20-8-5-7-19(2)17-20/h5,7-8,10-13,17,22,24,29H,4,6,9,15,18H2,1-3H3,(H,27,28). The molecule has 5 nitrogen and oxygen atoms in total. The molecule has 0 spiro atoms. The number of aliphatic hydroxyl groups is 1. The summed E-state index contributed by atoms with van der Waals surface area (Å²) in [5, 5.41) is 14.2. The highest BCUT2D eigenvalue weighted by molar-refractivity contribution is 5.68. The fraction of sp³-hybridized carbons (Fsp3) is 0.423. The molecule has 0 radical (unpaired) electrons. The predicted molar refractivity (Wildman–Crippen MR) is 121 cm³/mol. The molecule has 0 bridgehead atoms. The summed E-state index contributed by atoms with van der Waals surface area (Å²) in [7, 11) is 1.62. The highest BCUT2D eigenvalue weighted by atomic mass is 16.5. The van der Waals surface area contributed by atoms with Gasteiger partial charge in [0, 0.05) is 5.56 Å². The highest BCUT2D eigenvalue weighted by Crippen LogP contribution is 2.39. The maximum atomic E-state index is 12.2. The van der Waals surface area contributed by atoms with Gasteiger partial charge < -0.3 is 19.9 Å². The van der Waals surface area contributed by atoms with Crippen LogP contribution in [0.3, 0.4) is 0 Å². The number of nitrogens with one attached hydrogen (secondary N) is 1. The topological polar surface area (TPSA) is 67.8 Å². The summed E-state index contributed by atoms with van der Waals surface area (Å²) in [5.41, 5.74) is 1.90. The Hall–Kier alpha value is -2.97. The van der Waals surface area contributed by atoms with Crippen molar-refractivity contribution < 1.29 is 19.4 Å². The van der Waals surface area contributed by atoms with Crippen molar-refractivity contribution in [2.75, 3.05) is 13.7 Å². The molecule has 2 aromatic carbocycles. The Morgan fingerprint density at radius 3 is 2.74 bits per heavy atom. The lowest BCUT2D eigenvalue weighted by Crippen LogP contribution is -2.41. The lowest BCUT2D eigenvalue weighted by atomic mass is 9.73. The van der Waals surface area contributed by atoms with Crippen LogP contribution in [0.5, 0.6) is 5.75 Å². The van der Waals surface area contributed by atoms with Gasteiger partial charge in [-0.2, -0.15) is 0 Å². The van der Waals surface area contributed by atoms with Crippen LogP contribution in [0.25, 0.3) is 0 Å². The number of carbonyl (C=O) groups excluding carboxylic acids is 1. The molecule has 164 valence electrons. The number of alkyl carbamates (subject to hydrolysis) is 1. The summed E-state index contributed by atoms with van der Waals surface area (Å²) in [6.45, 7) is 4.11. The van der Waals surface area contributed by atoms with Crippen LogP contribution in [0.4, 0.5) is 4.79 Å². The molecular weight excluding hydrogens is 390 g/mol. The molecule has 5 heteroatoms. The molecule has 0 aromatic heterocycles. The third kappa shape index (κ3) is 6.26. The second-order valence-corrected chi connectivity index (χ2v) is 8.12. The van der Waals surface area contributed by atoms with Gasteiger partial charge in [-0.05, 0) is 80.8 Å². The molecule has 1 aliphatic carbocycles. The molecule has 2 aromatic rings. The van der Waals surface area contributed by atoms with E-state index in [2.05, 4.69) is 17.2 Å². The first-order chi connectivity index (χ1) is 14.9. The van der Waals surface area contributed by atoms with Crippen LogP contribution in [-0.4, -0.2) is 30.5 Å². The minimum atomic E-state index is -1.09. The zero-order valence-electron chi connectivity index (χ0n) is 18.5. The number of ether oxygens (including phenoxy) is 2. The van der Waals surface area contributed by atoms with Gasteiger partial charge in [-0.3, -0.25) is 0 Å². The van der Waals surface area contributed by atoms with Gasteiger partial charge in [-0.15, -0.1) is 0 Å². The second kappa shape index (κ2) is 10.4. The summed E-state index contributed by atoms with van der Waals surface area (Å²) in [6, 6.07) is 15.3. The third-order valence-electron chi connectivity index (χ3n) is 5.72. The van der Waals surface area contributed by atoms with Crippen molar-refractivity contribution in [1.82, 2.24) is 5.32 Å². The molecule has 1 aliphatic rings. The van der Waals surface area contributed by atoms with E-state index in [0.717, 1.165) is 35.3 Å². The van der Waals surface area contributed by atoms with Crippen molar-refractivity contribution in [1.29, 1.82) is 0 Å². The van der Waals surface area contributed by atoms with Crippen molar-refractivity contribution in [3.05, 3.63) is 65.2 Å². The molecule has 31 heavy (non-hydrogen) atoms. The molecule has 0 saturated heterocycles. The van der Waals surface area contributed by atoms with Crippen molar-refractivity contribution in [2.45, 2.75) is 51.2 Å². The van der Waals surface area contributed by atoms with E-state index in [-0.39, 0.29) is 12.0 Å². The summed E-state index contributed by atoms with van der Waals surface area (Å²) in [5.74, 6) is 7.04. The maximum Gasteiger partial charge on any atom is 0.407 e. The molecule has 3 unspecified atom stereocenters. The number of rotatable bonds is 5. The minimum Gasteiger partial charge on any atom is -0.497 e. The number of benzene rings is 2. The van der Waals surface area contributed by atoms with Gasteiger partial charge in [0.15, 0.2) is 0 Å². The Morgan fingerprint density at radius 1 is 1.29 bits per heavy atom. The smallest absolute Gasteiger partial charge is 0.407 e. The van der Waals surface area contributed by atoms with Crippen LogP contribution >= 0.6 is 0 Å². The van der Waals surface area contributed by atoms with Gasteiger partial charge in [0.25, 0.3) is 0 Å². The first kappa shape index (κ1) is 22.7. The summed E-state index contributed by atoms with van der Waals surface area (Å²) in [4.78, 5) is 12.2. The molecule has 3 rings (SSSR count). The Balaban J connectivity index is 1.83. The number of aryl methyl sites for hydroxylation is 1. The molecule has 1 saturated carbocycles. The van der Waals surface area contributed by atoms with Gasteiger partial charge in [0.1, 0.15) is 11.4 Å². The normalized spacial score (nSPS) is 21.4. The van der Waals surface area contributed by atoms with Crippen molar-refractivity contribution >= 4 is 6.09 Å². The average Bonchev–Trinajstić information content (AvgIpc) is 2.77. The van der Waals surface area contributed by atoms with E-state index < -0.39 is 11.7 Å². The summed E-state index contributed by atoms with van der Waals surface area (Å²) >= 11 is 0. The van der Waals surface area contributed by atoms with Gasteiger partial charge in [-0.1, -0.05) is 36.1 Å². The van der Waals surface area contributed by atoms with Crippen LogP contribution in [0.2, 0.25) is 0 Å². The lowest BCUT2D eigenvalue weighted by Gasteiger charge is -2.37. The third-order valence-corrected chi connectivity index (χ3v) is 5.72. The number of methoxy groups -OCH3 is 1. The Kier molecular flexibility index (Phi) is 7.59. The van der Waals surface area contributed by atoms with E-state index in [0.29, 0.717) is 19.4 Å². The van der Waals surface area contributed by atoms with E-state index in [1.165, 1.54) is 0 Å². The largest absolute Gasteiger partial charge is 0.497 e. The maximum absolute atomic E-state index is 12.2. The lowest BCUT2D eigenvalue weighted by molar-refractivity contribution is 0.0265. The molecule has 1 fully saturated rings. The van der Waals surface area contributed by atoms with Crippen molar-refractivity contribution in [2.24, 2.45) is 5.92 Å². The molecule has 3 atom stereocenters. The summed E-state index contributed by atoms with van der Waals surface area (Å²) < 4.78 is 10.4. The van der Waals surface area contributed by atoms with E-state index in [4.69, 9.17) is 9.47 Å². The van der Waals surface area contributed by atoms with Gasteiger partial charge >= 0.3 is 6.09 Å². The van der Waals surface area contributed by atoms with E-state index in [9.17, 15) is 9.90 Å². The molecule has 0 aliphatic heterocycles. The number of hydrogen-bond donors (Lipinski definition) is 2. The van der Waals surface area contributed by atoms with Crippen LogP contribution in [-0.2, 0) is 4.74 Å². The fourth-order valence-corrected chi connectivity index (χ4v) is 4.19. The molecule has 0 heterocycles. The predicted octanol–water partition coefficient (Wildman–Crippen LogP) is 4.76. The van der Waals surface area contributed by atoms with E-state index in [1.807, 2.05) is 55.5 Å². The molecule has 2 N–H and O–H groups in total. The second-order valence-electron chi connectivity index (χ2n) is 8.12. The Labute approximate surface area is 184 Å². The number of carbonyl (C=O) groups is 1. The molecule has 1 amide bonds. The molecular formula is C26H31NO4. The highest BCUT2D eigenvalue weighted by Gasteiger charge is 2.37. The first-order valence-electron chi connectivity index (χ1n) is 10.8. The van der Waals surface area contributed by atoms with Crippen LogP contribution in [0, 0.1) is 24.7 Å². The Bertz CT molecular complexity index is 944. The summed E-state index contributed by atoms with van der Waals surface area (Å²) in [6.07, 6.45) is 2.37. The fourth-order valence-electron chi connectivity index (χ4n) is 4.19. The average molecular weight is 422 g/mol. The zero-order valence-corrected chi connectivity index (χ0v) is 18.5. The first-order valence-corrected chi connectivity index (χ1v) is 10.8. The zero-order chi connectivity index (χ0) is 22.3. The monoisotopic (exact) mass is 421 g/mol. The van der Waals surface area contributed by atoms with Crippen molar-refractivity contribution in [3.63, 3.8) is 0 Å². The minimum absolute atomic E-state index is 0.0309. The van der Waals surface area contributed by atoms with Crippen LogP contribution in [0.1, 0.15) is 55.3 Å². The van der Waals surface area contributed by atoms with Crippen molar-refractivity contribution in [3.8, 4) is 17.6 Å². The SMILES string of the molecule is CCOC(=O)NC(c1ccc(OC)cc1)C1CCCC(O)(C#Cc2cccc(C)c2)C1. The van der Waals surface area contributed by atoms with Gasteiger partial charge in [-0.25, -0.2) is 4.79 Å². The number of hydrogen-bond acceptors (Lipinski definition) is 4. The van der Waals surface area contributed by atoms with Crippen LogP contribution in [0.15, 0.2) is 48.5 Å². The van der Waals surface area contributed by atoms with Gasteiger partial charge in [0.2, 0.25) is 0 Å². The quantitative estimate of drug-likeness (QED) is 0.683. The number of amides is 1. The Morgan fingerprint density at radius 2 is 2.06 bits per heavy atom. The van der Waals surface area contributed by atoms with Gasteiger partial charge in [0.05, 0.1) is 19.8 Å². The van der Waals surface area contributed by atoms with E-state index in [1.54, 1.807) is 14.0 Å². The van der Waals surface area contributed by atoms with E-state index >= 15 is 0 Å².